The molecule has 1 aliphatic heterocycles. The lowest BCUT2D eigenvalue weighted by molar-refractivity contribution is 0.0526. The summed E-state index contributed by atoms with van der Waals surface area (Å²) in [6, 6.07) is 5.62. The lowest BCUT2D eigenvalue weighted by Gasteiger charge is -2.25. The first-order valence-electron chi connectivity index (χ1n) is 9.41. The van der Waals surface area contributed by atoms with Gasteiger partial charge in [0.15, 0.2) is 11.5 Å². The Hall–Kier alpha value is -2.38. The summed E-state index contributed by atoms with van der Waals surface area (Å²) in [5.74, 6) is 0.959. The topological polar surface area (TPSA) is 60.4 Å². The van der Waals surface area contributed by atoms with Crippen molar-refractivity contribution in [1.29, 1.82) is 0 Å². The van der Waals surface area contributed by atoms with Gasteiger partial charge in [0.25, 0.3) is 0 Å². The van der Waals surface area contributed by atoms with Crippen LogP contribution >= 0.6 is 11.3 Å². The van der Waals surface area contributed by atoms with Gasteiger partial charge in [0.2, 0.25) is 0 Å². The molecule has 0 aliphatic carbocycles. The number of benzene rings is 1. The van der Waals surface area contributed by atoms with Crippen LogP contribution in [0.25, 0.3) is 0 Å². The normalized spacial score (nSPS) is 14.1. The number of nitrogens with zero attached hydrogens (tertiary/aromatic N) is 2. The standard InChI is InChI=1S/C21H26N2O4S/c1-5-23-11-10-15-17(13-23)28-20(18(15)21(24)27-6-2)22-12-14-8-7-9-16(25-3)19(14)26-4/h7-9,12H,5-6,10-11,13H2,1-4H3. The van der Waals surface area contributed by atoms with Gasteiger partial charge in [-0.1, -0.05) is 13.0 Å². The van der Waals surface area contributed by atoms with Gasteiger partial charge in [-0.05, 0) is 37.6 Å². The summed E-state index contributed by atoms with van der Waals surface area (Å²) < 4.78 is 16.1. The molecule has 1 aromatic carbocycles. The molecule has 0 saturated carbocycles. The smallest absolute Gasteiger partial charge is 0.341 e. The van der Waals surface area contributed by atoms with Gasteiger partial charge in [-0.25, -0.2) is 9.79 Å². The van der Waals surface area contributed by atoms with E-state index in [0.29, 0.717) is 28.7 Å². The molecule has 0 fully saturated rings. The number of rotatable bonds is 7. The van der Waals surface area contributed by atoms with Crippen molar-refractivity contribution in [2.45, 2.75) is 26.8 Å². The molecule has 0 atom stereocenters. The minimum Gasteiger partial charge on any atom is -0.493 e. The van der Waals surface area contributed by atoms with Crippen LogP contribution in [0.5, 0.6) is 11.5 Å². The summed E-state index contributed by atoms with van der Waals surface area (Å²) in [5.41, 5.74) is 2.48. The van der Waals surface area contributed by atoms with Crippen LogP contribution in [0.15, 0.2) is 23.2 Å². The first-order valence-corrected chi connectivity index (χ1v) is 10.2. The van der Waals surface area contributed by atoms with Crippen molar-refractivity contribution < 1.29 is 19.0 Å². The van der Waals surface area contributed by atoms with E-state index >= 15 is 0 Å². The summed E-state index contributed by atoms with van der Waals surface area (Å²) in [6.07, 6.45) is 2.56. The predicted molar refractivity (Wildman–Crippen MR) is 112 cm³/mol. The first-order chi connectivity index (χ1) is 13.6. The second-order valence-corrected chi connectivity index (χ2v) is 7.45. The van der Waals surface area contributed by atoms with E-state index in [9.17, 15) is 4.79 Å². The van der Waals surface area contributed by atoms with Gasteiger partial charge in [0, 0.05) is 29.7 Å². The van der Waals surface area contributed by atoms with Crippen molar-refractivity contribution in [1.82, 2.24) is 4.90 Å². The lowest BCUT2D eigenvalue weighted by Crippen LogP contribution is -2.29. The molecular formula is C21H26N2O4S. The van der Waals surface area contributed by atoms with Crippen LogP contribution in [0.1, 0.15) is 40.2 Å². The minimum absolute atomic E-state index is 0.297. The number of likely N-dealkylation sites (N-methyl/N-ethyl adjacent to an activating group) is 1. The number of para-hydroxylation sites is 1. The maximum Gasteiger partial charge on any atom is 0.341 e. The van der Waals surface area contributed by atoms with Crippen LogP contribution in [-0.2, 0) is 17.7 Å². The lowest BCUT2D eigenvalue weighted by atomic mass is 10.0. The molecule has 0 radical (unpaired) electrons. The number of methoxy groups -OCH3 is 2. The number of carbonyl (C=O) groups is 1. The van der Waals surface area contributed by atoms with Gasteiger partial charge in [-0.15, -0.1) is 11.3 Å². The van der Waals surface area contributed by atoms with Gasteiger partial charge in [-0.3, -0.25) is 4.90 Å². The highest BCUT2D eigenvalue weighted by Crippen LogP contribution is 2.40. The van der Waals surface area contributed by atoms with E-state index in [1.54, 1.807) is 31.8 Å². The van der Waals surface area contributed by atoms with Crippen molar-refractivity contribution >= 4 is 28.5 Å². The summed E-state index contributed by atoms with van der Waals surface area (Å²) >= 11 is 1.57. The zero-order chi connectivity index (χ0) is 20.1. The van der Waals surface area contributed by atoms with Crippen LogP contribution in [0.4, 0.5) is 5.00 Å². The fraction of sp³-hybridized carbons (Fsp3) is 0.429. The fourth-order valence-electron chi connectivity index (χ4n) is 3.36. The number of thiophene rings is 1. The molecule has 0 spiro atoms. The fourth-order valence-corrected chi connectivity index (χ4v) is 4.58. The molecule has 3 rings (SSSR count). The van der Waals surface area contributed by atoms with Crippen molar-refractivity contribution in [3.8, 4) is 11.5 Å². The van der Waals surface area contributed by atoms with E-state index in [-0.39, 0.29) is 5.97 Å². The summed E-state index contributed by atoms with van der Waals surface area (Å²) in [7, 11) is 3.20. The Bertz CT molecular complexity index is 876. The van der Waals surface area contributed by atoms with Crippen LogP contribution in [0.3, 0.4) is 0 Å². The Morgan fingerprint density at radius 2 is 2.11 bits per heavy atom. The average Bonchev–Trinajstić information content (AvgIpc) is 3.09. The maximum absolute atomic E-state index is 12.6. The van der Waals surface area contributed by atoms with Crippen molar-refractivity contribution in [3.05, 3.63) is 39.8 Å². The summed E-state index contributed by atoms with van der Waals surface area (Å²) in [6.45, 7) is 7.10. The second kappa shape index (κ2) is 9.21. The molecule has 2 heterocycles. The molecule has 0 bridgehead atoms. The Morgan fingerprint density at radius 1 is 1.29 bits per heavy atom. The van der Waals surface area contributed by atoms with E-state index in [1.165, 1.54) is 4.88 Å². The molecule has 150 valence electrons. The van der Waals surface area contributed by atoms with Crippen molar-refractivity contribution in [2.24, 2.45) is 4.99 Å². The van der Waals surface area contributed by atoms with Gasteiger partial charge >= 0.3 is 5.97 Å². The monoisotopic (exact) mass is 402 g/mol. The number of carbonyl (C=O) groups excluding carboxylic acids is 1. The summed E-state index contributed by atoms with van der Waals surface area (Å²) in [5, 5.41) is 0.686. The van der Waals surface area contributed by atoms with E-state index in [1.807, 2.05) is 25.1 Å². The van der Waals surface area contributed by atoms with Gasteiger partial charge in [0.05, 0.1) is 26.4 Å². The van der Waals surface area contributed by atoms with Gasteiger partial charge < -0.3 is 14.2 Å². The molecule has 6 nitrogen and oxygen atoms in total. The van der Waals surface area contributed by atoms with Crippen LogP contribution < -0.4 is 9.47 Å². The van der Waals surface area contributed by atoms with Gasteiger partial charge in [0.1, 0.15) is 5.00 Å². The number of aliphatic imine (C=N–C) groups is 1. The highest BCUT2D eigenvalue weighted by atomic mass is 32.1. The Morgan fingerprint density at radius 3 is 2.79 bits per heavy atom. The van der Waals surface area contributed by atoms with Gasteiger partial charge in [-0.2, -0.15) is 0 Å². The molecule has 0 saturated heterocycles. The third kappa shape index (κ3) is 4.05. The van der Waals surface area contributed by atoms with E-state index in [2.05, 4.69) is 16.8 Å². The SMILES string of the molecule is CCOC(=O)c1c(N=Cc2cccc(OC)c2OC)sc2c1CCN(CC)C2. The molecule has 7 heteroatoms. The molecule has 28 heavy (non-hydrogen) atoms. The van der Waals surface area contributed by atoms with Crippen LogP contribution in [-0.4, -0.2) is 51.0 Å². The molecule has 0 N–H and O–H groups in total. The zero-order valence-corrected chi connectivity index (χ0v) is 17.6. The van der Waals surface area contributed by atoms with E-state index in [0.717, 1.165) is 37.2 Å². The molecule has 0 unspecified atom stereocenters. The second-order valence-electron chi connectivity index (χ2n) is 6.36. The van der Waals surface area contributed by atoms with E-state index < -0.39 is 0 Å². The molecular weight excluding hydrogens is 376 g/mol. The number of hydrogen-bond donors (Lipinski definition) is 0. The third-order valence-electron chi connectivity index (χ3n) is 4.80. The maximum atomic E-state index is 12.6. The third-order valence-corrected chi connectivity index (χ3v) is 5.92. The Balaban J connectivity index is 2.01. The number of ether oxygens (including phenoxy) is 3. The Labute approximate surface area is 169 Å². The van der Waals surface area contributed by atoms with Crippen molar-refractivity contribution in [3.63, 3.8) is 0 Å². The number of hydrogen-bond acceptors (Lipinski definition) is 7. The largest absolute Gasteiger partial charge is 0.493 e. The molecule has 2 aromatic rings. The highest BCUT2D eigenvalue weighted by molar-refractivity contribution is 7.16. The number of esters is 1. The van der Waals surface area contributed by atoms with Crippen LogP contribution in [0, 0.1) is 0 Å². The minimum atomic E-state index is -0.297. The van der Waals surface area contributed by atoms with E-state index in [4.69, 9.17) is 14.2 Å². The zero-order valence-electron chi connectivity index (χ0n) is 16.8. The quantitative estimate of drug-likeness (QED) is 0.516. The molecule has 1 aromatic heterocycles. The predicted octanol–water partition coefficient (Wildman–Crippen LogP) is 4.07. The summed E-state index contributed by atoms with van der Waals surface area (Å²) in [4.78, 5) is 20.9. The molecule has 0 amide bonds. The molecule has 1 aliphatic rings. The van der Waals surface area contributed by atoms with Crippen molar-refractivity contribution in [2.75, 3.05) is 33.9 Å². The van der Waals surface area contributed by atoms with Crippen LogP contribution in [0.2, 0.25) is 0 Å². The first kappa shape index (κ1) is 20.4. The Kier molecular flexibility index (Phi) is 6.70. The highest BCUT2D eigenvalue weighted by Gasteiger charge is 2.28. The average molecular weight is 403 g/mol. The number of fused-ring (bicyclic) bond motifs is 1.